The molecule has 6 aromatic carbocycles. The Kier molecular flexibility index (Phi) is 3.91. The number of rotatable bonds is 2. The SMILES string of the molecule is c1ccc(-c2c3ccccc3c(-n3c4ccccc4c4ccccc43)c3ccccc23)cc1. The van der Waals surface area contributed by atoms with E-state index in [1.807, 2.05) is 0 Å². The molecule has 0 saturated heterocycles. The van der Waals surface area contributed by atoms with Crippen LogP contribution in [0.5, 0.6) is 0 Å². The van der Waals surface area contributed by atoms with E-state index in [1.165, 1.54) is 60.2 Å². The maximum absolute atomic E-state index is 2.46. The van der Waals surface area contributed by atoms with Crippen LogP contribution in [-0.4, -0.2) is 4.57 Å². The Hall–Kier alpha value is -4.36. The van der Waals surface area contributed by atoms with Gasteiger partial charge in [-0.15, -0.1) is 0 Å². The number of para-hydroxylation sites is 2. The number of benzene rings is 6. The summed E-state index contributed by atoms with van der Waals surface area (Å²) in [5.41, 5.74) is 6.27. The van der Waals surface area contributed by atoms with Crippen LogP contribution in [0.15, 0.2) is 127 Å². The molecule has 1 nitrogen and oxygen atoms in total. The molecule has 0 unspecified atom stereocenters. The van der Waals surface area contributed by atoms with E-state index in [0.29, 0.717) is 0 Å². The van der Waals surface area contributed by atoms with Gasteiger partial charge in [-0.3, -0.25) is 0 Å². The summed E-state index contributed by atoms with van der Waals surface area (Å²) in [5, 5.41) is 7.66. The fourth-order valence-electron chi connectivity index (χ4n) is 5.43. The van der Waals surface area contributed by atoms with E-state index in [2.05, 4.69) is 132 Å². The maximum atomic E-state index is 2.46. The molecule has 7 rings (SSSR count). The summed E-state index contributed by atoms with van der Waals surface area (Å²) in [6, 6.07) is 45.9. The summed E-state index contributed by atoms with van der Waals surface area (Å²) in [6.07, 6.45) is 0. The van der Waals surface area contributed by atoms with Gasteiger partial charge in [-0.05, 0) is 34.0 Å². The lowest BCUT2D eigenvalue weighted by Crippen LogP contribution is -1.98. The fourth-order valence-corrected chi connectivity index (χ4v) is 5.43. The third-order valence-corrected chi connectivity index (χ3v) is 6.77. The van der Waals surface area contributed by atoms with E-state index in [4.69, 9.17) is 0 Å². The van der Waals surface area contributed by atoms with Crippen LogP contribution in [0.4, 0.5) is 0 Å². The number of nitrogens with zero attached hydrogens (tertiary/aromatic N) is 1. The third-order valence-electron chi connectivity index (χ3n) is 6.77. The molecule has 0 bridgehead atoms. The van der Waals surface area contributed by atoms with Gasteiger partial charge in [-0.2, -0.15) is 0 Å². The molecule has 0 fully saturated rings. The van der Waals surface area contributed by atoms with Gasteiger partial charge in [-0.1, -0.05) is 115 Å². The average Bonchev–Trinajstić information content (AvgIpc) is 3.22. The van der Waals surface area contributed by atoms with Gasteiger partial charge in [0.15, 0.2) is 0 Å². The first kappa shape index (κ1) is 18.2. The molecule has 0 radical (unpaired) electrons. The van der Waals surface area contributed by atoms with Crippen LogP contribution >= 0.6 is 0 Å². The van der Waals surface area contributed by atoms with Gasteiger partial charge in [0.2, 0.25) is 0 Å². The highest BCUT2D eigenvalue weighted by molar-refractivity contribution is 6.20. The second-order valence-electron chi connectivity index (χ2n) is 8.55. The number of fused-ring (bicyclic) bond motifs is 5. The van der Waals surface area contributed by atoms with Crippen LogP contribution in [0.2, 0.25) is 0 Å². The topological polar surface area (TPSA) is 4.93 Å². The molecule has 7 aromatic rings. The largest absolute Gasteiger partial charge is 0.308 e. The summed E-state index contributed by atoms with van der Waals surface area (Å²) in [4.78, 5) is 0. The lowest BCUT2D eigenvalue weighted by atomic mass is 9.90. The zero-order chi connectivity index (χ0) is 21.8. The van der Waals surface area contributed by atoms with E-state index < -0.39 is 0 Å². The highest BCUT2D eigenvalue weighted by Crippen LogP contribution is 2.43. The second kappa shape index (κ2) is 7.08. The zero-order valence-electron chi connectivity index (χ0n) is 18.1. The van der Waals surface area contributed by atoms with Gasteiger partial charge in [0, 0.05) is 21.5 Å². The molecule has 1 heterocycles. The smallest absolute Gasteiger partial charge is 0.0619 e. The minimum Gasteiger partial charge on any atom is -0.308 e. The molecule has 0 aliphatic heterocycles. The first-order valence-corrected chi connectivity index (χ1v) is 11.4. The maximum Gasteiger partial charge on any atom is 0.0619 e. The van der Waals surface area contributed by atoms with Crippen molar-refractivity contribution >= 4 is 43.4 Å². The molecule has 33 heavy (non-hydrogen) atoms. The monoisotopic (exact) mass is 419 g/mol. The van der Waals surface area contributed by atoms with Crippen molar-refractivity contribution in [2.75, 3.05) is 0 Å². The Morgan fingerprint density at radius 3 is 1.24 bits per heavy atom. The molecule has 0 N–H and O–H groups in total. The summed E-state index contributed by atoms with van der Waals surface area (Å²) in [5.74, 6) is 0. The fraction of sp³-hybridized carbons (Fsp3) is 0. The lowest BCUT2D eigenvalue weighted by Gasteiger charge is -2.19. The van der Waals surface area contributed by atoms with Gasteiger partial charge in [-0.25, -0.2) is 0 Å². The van der Waals surface area contributed by atoms with Crippen molar-refractivity contribution in [3.63, 3.8) is 0 Å². The first-order valence-electron chi connectivity index (χ1n) is 11.4. The Labute approximate surface area is 192 Å². The number of aromatic nitrogens is 1. The molecule has 1 aromatic heterocycles. The quantitative estimate of drug-likeness (QED) is 0.247. The molecule has 0 saturated carbocycles. The summed E-state index contributed by atoms with van der Waals surface area (Å²) in [6.45, 7) is 0. The summed E-state index contributed by atoms with van der Waals surface area (Å²) >= 11 is 0. The molecule has 1 heteroatoms. The summed E-state index contributed by atoms with van der Waals surface area (Å²) in [7, 11) is 0. The predicted octanol–water partition coefficient (Wildman–Crippen LogP) is 8.76. The Morgan fingerprint density at radius 1 is 0.333 bits per heavy atom. The molecule has 0 spiro atoms. The second-order valence-corrected chi connectivity index (χ2v) is 8.55. The molecule has 0 aliphatic carbocycles. The molecule has 0 amide bonds. The van der Waals surface area contributed by atoms with Gasteiger partial charge in [0.25, 0.3) is 0 Å². The van der Waals surface area contributed by atoms with Gasteiger partial charge < -0.3 is 4.57 Å². The molecular weight excluding hydrogens is 398 g/mol. The van der Waals surface area contributed by atoms with Crippen LogP contribution in [0.1, 0.15) is 0 Å². The first-order chi connectivity index (χ1) is 16.4. The van der Waals surface area contributed by atoms with Crippen molar-refractivity contribution in [1.82, 2.24) is 4.57 Å². The van der Waals surface area contributed by atoms with E-state index in [1.54, 1.807) is 0 Å². The standard InChI is InChI=1S/C32H21N/c1-2-12-22(13-3-1)31-25-16-4-6-18-27(25)32(28-19-7-5-17-26(28)31)33-29-20-10-8-14-23(29)24-15-9-11-21-30(24)33/h1-21H. The van der Waals surface area contributed by atoms with Crippen LogP contribution < -0.4 is 0 Å². The highest BCUT2D eigenvalue weighted by atomic mass is 15.0. The zero-order valence-corrected chi connectivity index (χ0v) is 18.1. The van der Waals surface area contributed by atoms with Crippen molar-refractivity contribution < 1.29 is 0 Å². The highest BCUT2D eigenvalue weighted by Gasteiger charge is 2.19. The third kappa shape index (κ3) is 2.60. The van der Waals surface area contributed by atoms with Crippen LogP contribution in [0.3, 0.4) is 0 Å². The van der Waals surface area contributed by atoms with Crippen molar-refractivity contribution in [1.29, 1.82) is 0 Å². The van der Waals surface area contributed by atoms with Crippen molar-refractivity contribution in [2.24, 2.45) is 0 Å². The lowest BCUT2D eigenvalue weighted by molar-refractivity contribution is 1.21. The Balaban J connectivity index is 1.75. The molecule has 0 aliphatic rings. The van der Waals surface area contributed by atoms with E-state index in [0.717, 1.165) is 0 Å². The minimum absolute atomic E-state index is 1.24. The van der Waals surface area contributed by atoms with Crippen molar-refractivity contribution in [3.05, 3.63) is 127 Å². The summed E-state index contributed by atoms with van der Waals surface area (Å²) < 4.78 is 2.46. The van der Waals surface area contributed by atoms with Crippen LogP contribution in [0.25, 0.3) is 60.2 Å². The van der Waals surface area contributed by atoms with Crippen LogP contribution in [0, 0.1) is 0 Å². The van der Waals surface area contributed by atoms with Crippen molar-refractivity contribution in [3.8, 4) is 16.8 Å². The van der Waals surface area contributed by atoms with E-state index in [-0.39, 0.29) is 0 Å². The predicted molar refractivity (Wildman–Crippen MR) is 141 cm³/mol. The molecule has 0 atom stereocenters. The molecule has 154 valence electrons. The number of hydrogen-bond donors (Lipinski definition) is 0. The van der Waals surface area contributed by atoms with E-state index in [9.17, 15) is 0 Å². The number of hydrogen-bond acceptors (Lipinski definition) is 0. The van der Waals surface area contributed by atoms with Crippen LogP contribution in [-0.2, 0) is 0 Å². The minimum atomic E-state index is 1.24. The normalized spacial score (nSPS) is 11.6. The average molecular weight is 420 g/mol. The molecular formula is C32H21N. The van der Waals surface area contributed by atoms with Crippen molar-refractivity contribution in [2.45, 2.75) is 0 Å². The Bertz CT molecular complexity index is 1700. The van der Waals surface area contributed by atoms with Gasteiger partial charge in [0.1, 0.15) is 0 Å². The Morgan fingerprint density at radius 2 is 0.727 bits per heavy atom. The van der Waals surface area contributed by atoms with Gasteiger partial charge >= 0.3 is 0 Å². The van der Waals surface area contributed by atoms with E-state index >= 15 is 0 Å². The van der Waals surface area contributed by atoms with Gasteiger partial charge in [0.05, 0.1) is 16.7 Å².